The van der Waals surface area contributed by atoms with Crippen LogP contribution < -0.4 is 10.6 Å². The molecule has 3 aromatic rings. The second-order valence-corrected chi connectivity index (χ2v) is 8.95. The molecule has 1 aliphatic heterocycles. The summed E-state index contributed by atoms with van der Waals surface area (Å²) < 4.78 is 14.5. The number of fused-ring (bicyclic) bond motifs is 1. The van der Waals surface area contributed by atoms with E-state index in [0.717, 1.165) is 16.7 Å². The molecule has 4 rings (SSSR count). The fourth-order valence-electron chi connectivity index (χ4n) is 4.11. The average Bonchev–Trinajstić information content (AvgIpc) is 3.27. The number of likely N-dealkylation sites (N-methyl/N-ethyl adjacent to an activating group) is 1. The number of carbonyl (C=O) groups excluding carboxylic acids is 3. The molecular weight excluding hydrogens is 449 g/mol. The molecule has 0 aliphatic carbocycles. The van der Waals surface area contributed by atoms with Crippen LogP contribution in [0.4, 0.5) is 4.39 Å². The summed E-state index contributed by atoms with van der Waals surface area (Å²) in [5, 5.41) is 9.98. The molecule has 1 unspecified atom stereocenters. The maximum absolute atomic E-state index is 13.1. The Morgan fingerprint density at radius 1 is 1.11 bits per heavy atom. The molecule has 35 heavy (non-hydrogen) atoms. The van der Waals surface area contributed by atoms with Crippen molar-refractivity contribution in [2.45, 2.75) is 38.9 Å². The van der Waals surface area contributed by atoms with Gasteiger partial charge >= 0.3 is 0 Å². The number of rotatable bonds is 7. The zero-order valence-corrected chi connectivity index (χ0v) is 20.0. The highest BCUT2D eigenvalue weighted by atomic mass is 19.1. The zero-order valence-electron chi connectivity index (χ0n) is 20.0. The minimum absolute atomic E-state index is 0.0936. The first-order chi connectivity index (χ1) is 16.7. The maximum Gasteiger partial charge on any atom is 0.272 e. The van der Waals surface area contributed by atoms with Crippen LogP contribution in [0.25, 0.3) is 0 Å². The van der Waals surface area contributed by atoms with Gasteiger partial charge in [-0.15, -0.1) is 0 Å². The second kappa shape index (κ2) is 9.69. The van der Waals surface area contributed by atoms with Crippen molar-refractivity contribution in [3.05, 3.63) is 88.5 Å². The smallest absolute Gasteiger partial charge is 0.272 e. The molecule has 0 saturated heterocycles. The summed E-state index contributed by atoms with van der Waals surface area (Å²) in [5.41, 5.74) is 2.20. The molecule has 0 radical (unpaired) electrons. The number of aryl methyl sites for hydroxylation is 1. The van der Waals surface area contributed by atoms with Gasteiger partial charge in [-0.3, -0.25) is 19.1 Å². The van der Waals surface area contributed by atoms with Gasteiger partial charge in [0.1, 0.15) is 17.1 Å². The fraction of sp³-hybridized carbons (Fsp3) is 0.308. The van der Waals surface area contributed by atoms with Crippen LogP contribution in [0.5, 0.6) is 0 Å². The van der Waals surface area contributed by atoms with Crippen LogP contribution in [-0.2, 0) is 24.3 Å². The number of nitrogens with one attached hydrogen (secondary N) is 2. The molecule has 1 atom stereocenters. The van der Waals surface area contributed by atoms with Crippen LogP contribution in [0.2, 0.25) is 0 Å². The Labute approximate surface area is 203 Å². The first-order valence-corrected chi connectivity index (χ1v) is 11.4. The van der Waals surface area contributed by atoms with Crippen molar-refractivity contribution in [1.82, 2.24) is 25.3 Å². The third kappa shape index (κ3) is 4.94. The normalized spacial score (nSPS) is 17.1. The third-order valence-electron chi connectivity index (χ3n) is 6.53. The number of benzene rings is 2. The van der Waals surface area contributed by atoms with Crippen LogP contribution in [0.1, 0.15) is 44.6 Å². The van der Waals surface area contributed by atoms with Crippen molar-refractivity contribution >= 4 is 17.7 Å². The molecule has 1 aliphatic rings. The van der Waals surface area contributed by atoms with E-state index in [-0.39, 0.29) is 42.1 Å². The van der Waals surface area contributed by atoms with Crippen LogP contribution in [0, 0.1) is 12.7 Å². The average molecular weight is 478 g/mol. The zero-order chi connectivity index (χ0) is 25.2. The highest BCUT2D eigenvalue weighted by Gasteiger charge is 2.46. The Morgan fingerprint density at radius 3 is 2.54 bits per heavy atom. The van der Waals surface area contributed by atoms with E-state index < -0.39 is 11.4 Å². The highest BCUT2D eigenvalue weighted by molar-refractivity contribution is 6.01. The summed E-state index contributed by atoms with van der Waals surface area (Å²) in [5.74, 6) is -1.51. The van der Waals surface area contributed by atoms with E-state index >= 15 is 0 Å². The fourth-order valence-corrected chi connectivity index (χ4v) is 4.11. The van der Waals surface area contributed by atoms with Crippen LogP contribution >= 0.6 is 0 Å². The van der Waals surface area contributed by atoms with Gasteiger partial charge < -0.3 is 15.5 Å². The standard InChI is InChI=1S/C26H28FN5O3/c1-17-6-4-5-7-19(17)12-13-28-23(33)21-14-22-24(34)31(3)26(2,16-32(22)30-21)25(35)29-15-18-8-10-20(27)11-9-18/h4-11,14H,12-13,15-16H2,1-3H3,(H,28,33)(H,29,35). The maximum atomic E-state index is 13.1. The molecule has 2 aromatic carbocycles. The Morgan fingerprint density at radius 2 is 1.83 bits per heavy atom. The lowest BCUT2D eigenvalue weighted by molar-refractivity contribution is -0.132. The van der Waals surface area contributed by atoms with E-state index in [1.54, 1.807) is 26.1 Å². The lowest BCUT2D eigenvalue weighted by Crippen LogP contribution is -2.62. The van der Waals surface area contributed by atoms with Gasteiger partial charge in [-0.2, -0.15) is 5.10 Å². The predicted octanol–water partition coefficient (Wildman–Crippen LogP) is 2.46. The van der Waals surface area contributed by atoms with Crippen LogP contribution in [-0.4, -0.2) is 51.5 Å². The Balaban J connectivity index is 1.42. The SMILES string of the molecule is Cc1ccccc1CCNC(=O)c1cc2n(n1)CC(C)(C(=O)NCc1ccc(F)cc1)N(C)C2=O. The number of aromatic nitrogens is 2. The number of hydrogen-bond acceptors (Lipinski definition) is 4. The first kappa shape index (κ1) is 24.1. The van der Waals surface area contributed by atoms with Crippen molar-refractivity contribution in [2.24, 2.45) is 0 Å². The molecule has 2 N–H and O–H groups in total. The van der Waals surface area contributed by atoms with Gasteiger partial charge in [-0.05, 0) is 49.1 Å². The molecule has 2 heterocycles. The molecule has 0 bridgehead atoms. The minimum atomic E-state index is -1.21. The van der Waals surface area contributed by atoms with Gasteiger partial charge in [0, 0.05) is 26.2 Å². The first-order valence-electron chi connectivity index (χ1n) is 11.4. The van der Waals surface area contributed by atoms with Gasteiger partial charge in [-0.25, -0.2) is 4.39 Å². The number of carbonyl (C=O) groups is 3. The molecule has 8 nitrogen and oxygen atoms in total. The monoisotopic (exact) mass is 477 g/mol. The van der Waals surface area contributed by atoms with E-state index in [2.05, 4.69) is 15.7 Å². The highest BCUT2D eigenvalue weighted by Crippen LogP contribution is 2.26. The van der Waals surface area contributed by atoms with E-state index in [0.29, 0.717) is 13.0 Å². The Hall–Kier alpha value is -4.01. The number of nitrogens with zero attached hydrogens (tertiary/aromatic N) is 3. The van der Waals surface area contributed by atoms with Gasteiger partial charge in [-0.1, -0.05) is 36.4 Å². The number of amides is 3. The molecule has 0 saturated carbocycles. The lowest BCUT2D eigenvalue weighted by Gasteiger charge is -2.40. The summed E-state index contributed by atoms with van der Waals surface area (Å²) in [6.07, 6.45) is 0.681. The van der Waals surface area contributed by atoms with Crippen LogP contribution in [0.3, 0.4) is 0 Å². The van der Waals surface area contributed by atoms with Crippen molar-refractivity contribution in [1.29, 1.82) is 0 Å². The predicted molar refractivity (Wildman–Crippen MR) is 128 cm³/mol. The van der Waals surface area contributed by atoms with Crippen molar-refractivity contribution in [3.63, 3.8) is 0 Å². The molecule has 1 aromatic heterocycles. The van der Waals surface area contributed by atoms with E-state index in [1.165, 1.54) is 27.8 Å². The molecular formula is C26H28FN5O3. The van der Waals surface area contributed by atoms with Crippen molar-refractivity contribution in [2.75, 3.05) is 13.6 Å². The number of halogens is 1. The summed E-state index contributed by atoms with van der Waals surface area (Å²) >= 11 is 0. The van der Waals surface area contributed by atoms with Gasteiger partial charge in [0.2, 0.25) is 5.91 Å². The van der Waals surface area contributed by atoms with Crippen molar-refractivity contribution < 1.29 is 18.8 Å². The largest absolute Gasteiger partial charge is 0.350 e. The summed E-state index contributed by atoms with van der Waals surface area (Å²) in [7, 11) is 1.55. The Bertz CT molecular complexity index is 1270. The topological polar surface area (TPSA) is 96.3 Å². The Kier molecular flexibility index (Phi) is 6.68. The molecule has 0 spiro atoms. The molecule has 3 amide bonds. The van der Waals surface area contributed by atoms with Gasteiger partial charge in [0.25, 0.3) is 11.8 Å². The second-order valence-electron chi connectivity index (χ2n) is 8.95. The van der Waals surface area contributed by atoms with E-state index in [4.69, 9.17) is 0 Å². The van der Waals surface area contributed by atoms with E-state index in [9.17, 15) is 18.8 Å². The molecule has 9 heteroatoms. The lowest BCUT2D eigenvalue weighted by atomic mass is 9.96. The van der Waals surface area contributed by atoms with Gasteiger partial charge in [0.15, 0.2) is 5.69 Å². The number of hydrogen-bond donors (Lipinski definition) is 2. The summed E-state index contributed by atoms with van der Waals surface area (Å²) in [6.45, 7) is 4.39. The van der Waals surface area contributed by atoms with Crippen LogP contribution in [0.15, 0.2) is 54.6 Å². The van der Waals surface area contributed by atoms with Crippen molar-refractivity contribution in [3.8, 4) is 0 Å². The van der Waals surface area contributed by atoms with E-state index in [1.807, 2.05) is 31.2 Å². The van der Waals surface area contributed by atoms with Gasteiger partial charge in [0.05, 0.1) is 6.54 Å². The molecule has 182 valence electrons. The molecule has 0 fully saturated rings. The quantitative estimate of drug-likeness (QED) is 0.547. The summed E-state index contributed by atoms with van der Waals surface area (Å²) in [6, 6.07) is 15.2. The third-order valence-corrected chi connectivity index (χ3v) is 6.53. The summed E-state index contributed by atoms with van der Waals surface area (Å²) in [4.78, 5) is 40.2. The minimum Gasteiger partial charge on any atom is -0.350 e.